The molecule has 25 heavy (non-hydrogen) atoms. The highest BCUT2D eigenvalue weighted by atomic mass is 16.1. The van der Waals surface area contributed by atoms with Crippen molar-refractivity contribution >= 4 is 17.7 Å². The number of nitriles is 1. The molecular formula is C21H23N3O. The lowest BCUT2D eigenvalue weighted by Gasteiger charge is -2.35. The molecular weight excluding hydrogens is 310 g/mol. The van der Waals surface area contributed by atoms with Gasteiger partial charge in [0, 0.05) is 30.4 Å². The highest BCUT2D eigenvalue weighted by Crippen LogP contribution is 2.26. The zero-order valence-corrected chi connectivity index (χ0v) is 14.7. The molecule has 2 aromatic carbocycles. The molecule has 3 rings (SSSR count). The van der Waals surface area contributed by atoms with Crippen LogP contribution in [0.3, 0.4) is 0 Å². The molecule has 0 atom stereocenters. The van der Waals surface area contributed by atoms with Gasteiger partial charge in [0.05, 0.1) is 11.3 Å². The molecule has 0 saturated carbocycles. The number of aryl methyl sites for hydroxylation is 2. The second-order valence-corrected chi connectivity index (χ2v) is 6.68. The van der Waals surface area contributed by atoms with E-state index in [0.717, 1.165) is 60.3 Å². The fourth-order valence-electron chi connectivity index (χ4n) is 3.48. The zero-order valence-electron chi connectivity index (χ0n) is 14.7. The van der Waals surface area contributed by atoms with Crippen molar-refractivity contribution in [3.8, 4) is 6.07 Å². The summed E-state index contributed by atoms with van der Waals surface area (Å²) < 4.78 is 0. The smallest absolute Gasteiger partial charge is 0.150 e. The van der Waals surface area contributed by atoms with E-state index in [4.69, 9.17) is 0 Å². The fraction of sp³-hybridized carbons (Fsp3) is 0.333. The number of benzene rings is 2. The normalized spacial score (nSPS) is 14.8. The Morgan fingerprint density at radius 2 is 1.88 bits per heavy atom. The van der Waals surface area contributed by atoms with Crippen LogP contribution in [-0.2, 0) is 0 Å². The number of carbonyl (C=O) groups is 1. The molecule has 0 bridgehead atoms. The molecule has 0 amide bonds. The molecule has 1 N–H and O–H groups in total. The Bertz CT molecular complexity index is 814. The summed E-state index contributed by atoms with van der Waals surface area (Å²) in [6.45, 7) is 5.87. The van der Waals surface area contributed by atoms with Crippen molar-refractivity contribution in [2.75, 3.05) is 23.3 Å². The SMILES string of the molecule is Cc1cc(C)c(NC2CCN(c3ccccc3C#N)CC2)cc1C=O. The molecule has 4 nitrogen and oxygen atoms in total. The van der Waals surface area contributed by atoms with E-state index in [0.29, 0.717) is 6.04 Å². The molecule has 1 heterocycles. The Morgan fingerprint density at radius 1 is 1.16 bits per heavy atom. The third kappa shape index (κ3) is 3.66. The molecule has 128 valence electrons. The lowest BCUT2D eigenvalue weighted by Crippen LogP contribution is -2.39. The van der Waals surface area contributed by atoms with Crippen LogP contribution in [0.15, 0.2) is 36.4 Å². The molecule has 1 aliphatic heterocycles. The van der Waals surface area contributed by atoms with Crippen LogP contribution in [0.4, 0.5) is 11.4 Å². The first-order valence-electron chi connectivity index (χ1n) is 8.69. The molecule has 2 aromatic rings. The Kier molecular flexibility index (Phi) is 5.04. The number of hydrogen-bond acceptors (Lipinski definition) is 4. The summed E-state index contributed by atoms with van der Waals surface area (Å²) in [5.74, 6) is 0. The van der Waals surface area contributed by atoms with Crippen LogP contribution >= 0.6 is 0 Å². The van der Waals surface area contributed by atoms with E-state index in [-0.39, 0.29) is 0 Å². The minimum Gasteiger partial charge on any atom is -0.382 e. The van der Waals surface area contributed by atoms with E-state index in [9.17, 15) is 10.1 Å². The van der Waals surface area contributed by atoms with Crippen LogP contribution in [-0.4, -0.2) is 25.4 Å². The van der Waals surface area contributed by atoms with E-state index >= 15 is 0 Å². The van der Waals surface area contributed by atoms with Gasteiger partial charge in [0.2, 0.25) is 0 Å². The quantitative estimate of drug-likeness (QED) is 0.857. The molecule has 0 unspecified atom stereocenters. The predicted octanol–water partition coefficient (Wildman–Crippen LogP) is 4.07. The van der Waals surface area contributed by atoms with Gasteiger partial charge in [-0.05, 0) is 56.0 Å². The molecule has 0 radical (unpaired) electrons. The number of para-hydroxylation sites is 1. The van der Waals surface area contributed by atoms with E-state index in [1.165, 1.54) is 5.56 Å². The zero-order chi connectivity index (χ0) is 17.8. The fourth-order valence-corrected chi connectivity index (χ4v) is 3.48. The lowest BCUT2D eigenvalue weighted by atomic mass is 10.0. The first kappa shape index (κ1) is 17.0. The molecule has 0 aromatic heterocycles. The van der Waals surface area contributed by atoms with Gasteiger partial charge in [-0.3, -0.25) is 4.79 Å². The largest absolute Gasteiger partial charge is 0.382 e. The number of piperidine rings is 1. The van der Waals surface area contributed by atoms with Crippen LogP contribution in [0, 0.1) is 25.2 Å². The van der Waals surface area contributed by atoms with Gasteiger partial charge < -0.3 is 10.2 Å². The average Bonchev–Trinajstić information content (AvgIpc) is 2.64. The van der Waals surface area contributed by atoms with Crippen LogP contribution in [0.5, 0.6) is 0 Å². The van der Waals surface area contributed by atoms with Gasteiger partial charge in [-0.1, -0.05) is 18.2 Å². The molecule has 0 aliphatic carbocycles. The van der Waals surface area contributed by atoms with Gasteiger partial charge >= 0.3 is 0 Å². The van der Waals surface area contributed by atoms with Crippen LogP contribution < -0.4 is 10.2 Å². The molecule has 1 saturated heterocycles. The molecule has 1 fully saturated rings. The van der Waals surface area contributed by atoms with Crippen LogP contribution in [0.1, 0.15) is 39.9 Å². The second-order valence-electron chi connectivity index (χ2n) is 6.68. The topological polar surface area (TPSA) is 56.1 Å². The second kappa shape index (κ2) is 7.40. The molecule has 1 aliphatic rings. The minimum absolute atomic E-state index is 0.381. The van der Waals surface area contributed by atoms with E-state index < -0.39 is 0 Å². The van der Waals surface area contributed by atoms with Crippen molar-refractivity contribution in [3.63, 3.8) is 0 Å². The van der Waals surface area contributed by atoms with Gasteiger partial charge in [-0.25, -0.2) is 0 Å². The monoisotopic (exact) mass is 333 g/mol. The average molecular weight is 333 g/mol. The Labute approximate surface area is 149 Å². The van der Waals surface area contributed by atoms with E-state index in [2.05, 4.69) is 29.3 Å². The number of nitrogens with zero attached hydrogens (tertiary/aromatic N) is 2. The van der Waals surface area contributed by atoms with Crippen molar-refractivity contribution < 1.29 is 4.79 Å². The van der Waals surface area contributed by atoms with Gasteiger partial charge in [-0.2, -0.15) is 5.26 Å². The highest BCUT2D eigenvalue weighted by Gasteiger charge is 2.21. The number of hydrogen-bond donors (Lipinski definition) is 1. The number of carbonyl (C=O) groups excluding carboxylic acids is 1. The summed E-state index contributed by atoms with van der Waals surface area (Å²) in [5, 5.41) is 12.9. The first-order chi connectivity index (χ1) is 12.1. The summed E-state index contributed by atoms with van der Waals surface area (Å²) in [6.07, 6.45) is 2.92. The van der Waals surface area contributed by atoms with Crippen molar-refractivity contribution in [3.05, 3.63) is 58.7 Å². The van der Waals surface area contributed by atoms with Crippen LogP contribution in [0.2, 0.25) is 0 Å². The number of rotatable bonds is 4. The Morgan fingerprint density at radius 3 is 2.56 bits per heavy atom. The lowest BCUT2D eigenvalue weighted by molar-refractivity contribution is 0.112. The Balaban J connectivity index is 1.67. The standard InChI is InChI=1S/C21H23N3O/c1-15-11-16(2)20(12-18(15)14-25)23-19-7-9-24(10-8-19)21-6-4-3-5-17(21)13-22/h3-6,11-12,14,19,23H,7-10H2,1-2H3. The summed E-state index contributed by atoms with van der Waals surface area (Å²) in [6, 6.07) is 14.5. The van der Waals surface area contributed by atoms with Crippen molar-refractivity contribution in [2.24, 2.45) is 0 Å². The van der Waals surface area contributed by atoms with Gasteiger partial charge in [-0.15, -0.1) is 0 Å². The third-order valence-electron chi connectivity index (χ3n) is 4.96. The maximum Gasteiger partial charge on any atom is 0.150 e. The maximum absolute atomic E-state index is 11.2. The van der Waals surface area contributed by atoms with Crippen LogP contribution in [0.25, 0.3) is 0 Å². The summed E-state index contributed by atoms with van der Waals surface area (Å²) in [7, 11) is 0. The molecule has 0 spiro atoms. The summed E-state index contributed by atoms with van der Waals surface area (Å²) in [5.41, 5.74) is 5.73. The van der Waals surface area contributed by atoms with E-state index in [1.807, 2.05) is 37.3 Å². The number of anilines is 2. The van der Waals surface area contributed by atoms with Gasteiger partial charge in [0.15, 0.2) is 0 Å². The third-order valence-corrected chi connectivity index (χ3v) is 4.96. The predicted molar refractivity (Wildman–Crippen MR) is 101 cm³/mol. The number of nitrogens with one attached hydrogen (secondary N) is 1. The first-order valence-corrected chi connectivity index (χ1v) is 8.69. The van der Waals surface area contributed by atoms with Crippen molar-refractivity contribution in [1.82, 2.24) is 0 Å². The van der Waals surface area contributed by atoms with Gasteiger partial charge in [0.1, 0.15) is 12.4 Å². The van der Waals surface area contributed by atoms with Crippen molar-refractivity contribution in [1.29, 1.82) is 5.26 Å². The number of aldehydes is 1. The summed E-state index contributed by atoms with van der Waals surface area (Å²) in [4.78, 5) is 13.5. The Hall–Kier alpha value is -2.80. The van der Waals surface area contributed by atoms with E-state index in [1.54, 1.807) is 0 Å². The summed E-state index contributed by atoms with van der Waals surface area (Å²) >= 11 is 0. The van der Waals surface area contributed by atoms with Gasteiger partial charge in [0.25, 0.3) is 0 Å². The maximum atomic E-state index is 11.2. The van der Waals surface area contributed by atoms with Crippen molar-refractivity contribution in [2.45, 2.75) is 32.7 Å². The molecule has 4 heteroatoms. The highest BCUT2D eigenvalue weighted by molar-refractivity contribution is 5.80. The minimum atomic E-state index is 0.381.